The Morgan fingerprint density at radius 1 is 0.905 bits per heavy atom. The van der Waals surface area contributed by atoms with Gasteiger partial charge in [-0.3, -0.25) is 4.90 Å². The van der Waals surface area contributed by atoms with Gasteiger partial charge >= 0.3 is 0 Å². The molecule has 0 spiro atoms. The van der Waals surface area contributed by atoms with Crippen LogP contribution in [0.4, 0.5) is 0 Å². The standard InChI is InChI=1S/C18H30N2O/c1-12-5-13-7-14(6-12)9-18(8-13)20-16-3-2-4-17(20)11-15(10-16)19-21/h12-14,16-18,21H,2-11H2,1H3/b19-15-/t12-,13+,14-,16-,17+,18?/m0/s1. The topological polar surface area (TPSA) is 35.8 Å². The molecule has 0 aromatic rings. The van der Waals surface area contributed by atoms with Gasteiger partial charge in [0.1, 0.15) is 0 Å². The van der Waals surface area contributed by atoms with E-state index in [1.165, 1.54) is 51.4 Å². The van der Waals surface area contributed by atoms with Crippen LogP contribution < -0.4 is 0 Å². The molecular weight excluding hydrogens is 260 g/mol. The van der Waals surface area contributed by atoms with Crippen LogP contribution in [0.15, 0.2) is 5.16 Å². The summed E-state index contributed by atoms with van der Waals surface area (Å²) < 4.78 is 0. The molecule has 1 N–H and O–H groups in total. The molecule has 1 unspecified atom stereocenters. The van der Waals surface area contributed by atoms with E-state index in [9.17, 15) is 5.21 Å². The maximum Gasteiger partial charge on any atom is 0.0601 e. The quantitative estimate of drug-likeness (QED) is 0.584. The molecule has 2 heterocycles. The van der Waals surface area contributed by atoms with Crippen molar-refractivity contribution in [3.05, 3.63) is 0 Å². The summed E-state index contributed by atoms with van der Waals surface area (Å²) in [5.74, 6) is 2.95. The Kier molecular flexibility index (Phi) is 3.72. The molecule has 4 aliphatic rings. The van der Waals surface area contributed by atoms with Crippen LogP contribution in [0.1, 0.15) is 71.1 Å². The highest BCUT2D eigenvalue weighted by Gasteiger charge is 2.44. The van der Waals surface area contributed by atoms with Crippen LogP contribution in [0.2, 0.25) is 0 Å². The van der Waals surface area contributed by atoms with Crippen molar-refractivity contribution in [3.63, 3.8) is 0 Å². The van der Waals surface area contributed by atoms with Crippen LogP contribution in [0.3, 0.4) is 0 Å². The SMILES string of the molecule is C[C@H]1C[C@H]2CC(N3[C@@H]4CCC[C@H]3C/C(=N/O)C4)C[C@@H](C1)C2. The lowest BCUT2D eigenvalue weighted by molar-refractivity contribution is -0.0212. The van der Waals surface area contributed by atoms with E-state index < -0.39 is 0 Å². The molecule has 2 aliphatic heterocycles. The summed E-state index contributed by atoms with van der Waals surface area (Å²) in [5, 5.41) is 12.7. The van der Waals surface area contributed by atoms with Crippen LogP contribution in [-0.4, -0.2) is 33.9 Å². The third-order valence-corrected chi connectivity index (χ3v) is 6.77. The Labute approximate surface area is 128 Å². The largest absolute Gasteiger partial charge is 0.411 e. The third kappa shape index (κ3) is 2.62. The van der Waals surface area contributed by atoms with E-state index in [1.807, 2.05) is 0 Å². The molecule has 0 aromatic heterocycles. The van der Waals surface area contributed by atoms with Gasteiger partial charge in [0, 0.05) is 31.0 Å². The molecule has 3 heteroatoms. The Hall–Kier alpha value is -0.570. The number of rotatable bonds is 1. The molecule has 0 aromatic carbocycles. The molecule has 2 saturated carbocycles. The third-order valence-electron chi connectivity index (χ3n) is 6.77. The normalized spacial score (nSPS) is 49.3. The molecule has 4 rings (SSSR count). The van der Waals surface area contributed by atoms with Crippen LogP contribution in [0, 0.1) is 17.8 Å². The summed E-state index contributed by atoms with van der Waals surface area (Å²) >= 11 is 0. The highest BCUT2D eigenvalue weighted by Crippen LogP contribution is 2.46. The minimum atomic E-state index is 0.671. The molecule has 118 valence electrons. The number of fused-ring (bicyclic) bond motifs is 4. The number of nitrogens with zero attached hydrogens (tertiary/aromatic N) is 2. The highest BCUT2D eigenvalue weighted by molar-refractivity contribution is 5.86. The molecule has 3 nitrogen and oxygen atoms in total. The van der Waals surface area contributed by atoms with Gasteiger partial charge in [-0.1, -0.05) is 18.5 Å². The fourth-order valence-electron chi connectivity index (χ4n) is 6.30. The fourth-order valence-corrected chi connectivity index (χ4v) is 6.30. The predicted octanol–water partition coefficient (Wildman–Crippen LogP) is 4.05. The number of piperidine rings is 2. The van der Waals surface area contributed by atoms with E-state index in [0.717, 1.165) is 42.3 Å². The lowest BCUT2D eigenvalue weighted by atomic mass is 9.65. The first kappa shape index (κ1) is 14.0. The number of hydrogen-bond acceptors (Lipinski definition) is 3. The van der Waals surface area contributed by atoms with Crippen LogP contribution >= 0.6 is 0 Å². The monoisotopic (exact) mass is 290 g/mol. The van der Waals surface area contributed by atoms with E-state index >= 15 is 0 Å². The molecule has 4 bridgehead atoms. The van der Waals surface area contributed by atoms with Crippen LogP contribution in [0.5, 0.6) is 0 Å². The fraction of sp³-hybridized carbons (Fsp3) is 0.944. The summed E-state index contributed by atoms with van der Waals surface area (Å²) in [7, 11) is 0. The van der Waals surface area contributed by atoms with Gasteiger partial charge in [-0.25, -0.2) is 0 Å². The van der Waals surface area contributed by atoms with Gasteiger partial charge in [-0.2, -0.15) is 0 Å². The second-order valence-electron chi connectivity index (χ2n) is 8.43. The van der Waals surface area contributed by atoms with Crippen LogP contribution in [0.25, 0.3) is 0 Å². The minimum absolute atomic E-state index is 0.671. The first-order valence-corrected chi connectivity index (χ1v) is 9.20. The van der Waals surface area contributed by atoms with Crippen molar-refractivity contribution in [1.29, 1.82) is 0 Å². The Morgan fingerprint density at radius 2 is 1.52 bits per heavy atom. The number of hydrogen-bond donors (Lipinski definition) is 1. The zero-order valence-corrected chi connectivity index (χ0v) is 13.4. The van der Waals surface area contributed by atoms with Crippen molar-refractivity contribution in [1.82, 2.24) is 4.90 Å². The van der Waals surface area contributed by atoms with E-state index in [2.05, 4.69) is 17.0 Å². The van der Waals surface area contributed by atoms with Crippen molar-refractivity contribution in [2.24, 2.45) is 22.9 Å². The summed E-state index contributed by atoms with van der Waals surface area (Å²) in [6.07, 6.45) is 13.4. The first-order chi connectivity index (χ1) is 10.2. The molecule has 4 fully saturated rings. The zero-order valence-electron chi connectivity index (χ0n) is 13.4. The second-order valence-corrected chi connectivity index (χ2v) is 8.43. The molecular formula is C18H30N2O. The molecule has 2 saturated heterocycles. The Balaban J connectivity index is 1.51. The average molecular weight is 290 g/mol. The van der Waals surface area contributed by atoms with Crippen molar-refractivity contribution < 1.29 is 5.21 Å². The summed E-state index contributed by atoms with van der Waals surface area (Å²) in [4.78, 5) is 2.90. The Bertz CT molecular complexity index is 387. The van der Waals surface area contributed by atoms with Crippen molar-refractivity contribution in [2.45, 2.75) is 89.3 Å². The first-order valence-electron chi connectivity index (χ1n) is 9.20. The molecule has 6 atom stereocenters. The number of oxime groups is 1. The van der Waals surface area contributed by atoms with Crippen molar-refractivity contribution >= 4 is 5.71 Å². The van der Waals surface area contributed by atoms with E-state index in [1.54, 1.807) is 0 Å². The molecule has 0 radical (unpaired) electrons. The van der Waals surface area contributed by atoms with Gasteiger partial charge in [-0.05, 0) is 62.7 Å². The predicted molar refractivity (Wildman–Crippen MR) is 84.7 cm³/mol. The van der Waals surface area contributed by atoms with E-state index in [4.69, 9.17) is 0 Å². The Morgan fingerprint density at radius 3 is 2.10 bits per heavy atom. The maximum atomic E-state index is 9.17. The molecule has 0 amide bonds. The smallest absolute Gasteiger partial charge is 0.0601 e. The van der Waals surface area contributed by atoms with Gasteiger partial charge in [0.05, 0.1) is 5.71 Å². The van der Waals surface area contributed by atoms with Gasteiger partial charge in [0.15, 0.2) is 0 Å². The van der Waals surface area contributed by atoms with Gasteiger partial charge in [0.25, 0.3) is 0 Å². The maximum absolute atomic E-state index is 9.17. The summed E-state index contributed by atoms with van der Waals surface area (Å²) in [6.45, 7) is 2.46. The van der Waals surface area contributed by atoms with Crippen LogP contribution in [-0.2, 0) is 0 Å². The molecule has 21 heavy (non-hydrogen) atoms. The highest BCUT2D eigenvalue weighted by atomic mass is 16.4. The van der Waals surface area contributed by atoms with Gasteiger partial charge in [-0.15, -0.1) is 0 Å². The lowest BCUT2D eigenvalue weighted by Crippen LogP contribution is -2.58. The lowest BCUT2D eigenvalue weighted by Gasteiger charge is -2.54. The van der Waals surface area contributed by atoms with Crippen molar-refractivity contribution in [2.75, 3.05) is 0 Å². The molecule has 2 aliphatic carbocycles. The van der Waals surface area contributed by atoms with E-state index in [-0.39, 0.29) is 0 Å². The van der Waals surface area contributed by atoms with Crippen molar-refractivity contribution in [3.8, 4) is 0 Å². The van der Waals surface area contributed by atoms with Gasteiger partial charge < -0.3 is 5.21 Å². The van der Waals surface area contributed by atoms with E-state index in [0.29, 0.717) is 12.1 Å². The zero-order chi connectivity index (χ0) is 14.4. The summed E-state index contributed by atoms with van der Waals surface area (Å²) in [6, 6.07) is 2.17. The average Bonchev–Trinajstić information content (AvgIpc) is 2.44. The van der Waals surface area contributed by atoms with Gasteiger partial charge in [0.2, 0.25) is 0 Å². The second kappa shape index (κ2) is 5.57. The minimum Gasteiger partial charge on any atom is -0.411 e. The summed E-state index contributed by atoms with van der Waals surface area (Å²) in [5.41, 5.74) is 1.06.